The molecule has 0 radical (unpaired) electrons. The van der Waals surface area contributed by atoms with Gasteiger partial charge in [0.1, 0.15) is 0 Å². The number of aromatic nitrogens is 1. The van der Waals surface area contributed by atoms with Gasteiger partial charge in [-0.2, -0.15) is 0 Å². The predicted octanol–water partition coefficient (Wildman–Crippen LogP) is 4.41. The number of fused-ring (bicyclic) bond motifs is 6. The van der Waals surface area contributed by atoms with Gasteiger partial charge in [0.2, 0.25) is 11.8 Å². The molecule has 3 aromatic rings. The monoisotopic (exact) mass is 291 g/mol. The van der Waals surface area contributed by atoms with Gasteiger partial charge < -0.3 is 10.2 Å². The minimum absolute atomic E-state index is 0.231. The summed E-state index contributed by atoms with van der Waals surface area (Å²) < 4.78 is 1.61. The Bertz CT molecular complexity index is 876. The van der Waals surface area contributed by atoms with Crippen molar-refractivity contribution in [3.63, 3.8) is 0 Å². The summed E-state index contributed by atoms with van der Waals surface area (Å²) in [4.78, 5) is 0. The molecule has 3 heteroatoms. The summed E-state index contributed by atoms with van der Waals surface area (Å²) >= 11 is 0. The highest BCUT2D eigenvalue weighted by Crippen LogP contribution is 2.60. The first kappa shape index (κ1) is 12.2. The van der Waals surface area contributed by atoms with Gasteiger partial charge >= 0.3 is 0 Å². The van der Waals surface area contributed by atoms with E-state index in [-0.39, 0.29) is 11.8 Å². The molecule has 0 aliphatic heterocycles. The second-order valence-electron chi connectivity index (χ2n) is 6.55. The van der Waals surface area contributed by atoms with E-state index < -0.39 is 0 Å². The van der Waals surface area contributed by atoms with Crippen molar-refractivity contribution in [2.24, 2.45) is 0 Å². The molecule has 2 N–H and O–H groups in total. The molecule has 2 atom stereocenters. The summed E-state index contributed by atoms with van der Waals surface area (Å²) in [5.74, 6) is 1.31. The summed E-state index contributed by atoms with van der Waals surface area (Å²) in [6.45, 7) is 0. The van der Waals surface area contributed by atoms with Gasteiger partial charge in [-0.25, -0.2) is 0 Å². The van der Waals surface area contributed by atoms with Crippen molar-refractivity contribution in [3.05, 3.63) is 53.6 Å². The Balaban J connectivity index is 1.75. The molecule has 2 bridgehead atoms. The van der Waals surface area contributed by atoms with E-state index in [1.807, 2.05) is 36.4 Å². The third-order valence-corrected chi connectivity index (χ3v) is 5.44. The zero-order valence-corrected chi connectivity index (χ0v) is 12.2. The van der Waals surface area contributed by atoms with Crippen LogP contribution in [-0.2, 0) is 0 Å². The Morgan fingerprint density at radius 3 is 2.14 bits per heavy atom. The quantitative estimate of drug-likeness (QED) is 0.697. The molecule has 2 aliphatic rings. The Morgan fingerprint density at radius 1 is 0.818 bits per heavy atom. The zero-order chi connectivity index (χ0) is 14.8. The van der Waals surface area contributed by atoms with Gasteiger partial charge in [0.15, 0.2) is 0 Å². The molecule has 3 nitrogen and oxygen atoms in total. The lowest BCUT2D eigenvalue weighted by molar-refractivity contribution is 0.395. The van der Waals surface area contributed by atoms with Crippen LogP contribution in [-0.4, -0.2) is 14.8 Å². The first-order chi connectivity index (χ1) is 10.7. The van der Waals surface area contributed by atoms with Crippen molar-refractivity contribution in [2.45, 2.75) is 31.1 Å². The highest BCUT2D eigenvalue weighted by Gasteiger charge is 2.44. The number of benzene rings is 2. The van der Waals surface area contributed by atoms with Crippen LogP contribution in [0.15, 0.2) is 42.5 Å². The lowest BCUT2D eigenvalue weighted by Gasteiger charge is -2.10. The average molecular weight is 291 g/mol. The second-order valence-corrected chi connectivity index (χ2v) is 6.55. The van der Waals surface area contributed by atoms with E-state index >= 15 is 0 Å². The highest BCUT2D eigenvalue weighted by molar-refractivity contribution is 5.84. The molecular formula is C19H17NO2. The molecule has 110 valence electrons. The van der Waals surface area contributed by atoms with E-state index in [9.17, 15) is 10.2 Å². The Kier molecular flexibility index (Phi) is 2.25. The molecule has 0 spiro atoms. The van der Waals surface area contributed by atoms with Crippen LogP contribution in [0.1, 0.15) is 42.2 Å². The lowest BCUT2D eigenvalue weighted by atomic mass is 9.95. The molecule has 1 heterocycles. The Hall–Kier alpha value is -2.42. The van der Waals surface area contributed by atoms with Crippen molar-refractivity contribution in [1.82, 2.24) is 4.57 Å². The zero-order valence-electron chi connectivity index (χ0n) is 12.2. The topological polar surface area (TPSA) is 45.4 Å². The van der Waals surface area contributed by atoms with Crippen molar-refractivity contribution < 1.29 is 10.2 Å². The van der Waals surface area contributed by atoms with Crippen molar-refractivity contribution in [1.29, 1.82) is 0 Å². The number of hydrogen-bond donors (Lipinski definition) is 2. The third-order valence-electron chi connectivity index (χ3n) is 5.44. The van der Waals surface area contributed by atoms with Crippen LogP contribution < -0.4 is 0 Å². The fraction of sp³-hybridized carbons (Fsp3) is 0.263. The molecule has 5 rings (SSSR count). The molecule has 2 aromatic carbocycles. The molecule has 22 heavy (non-hydrogen) atoms. The number of hydrogen-bond acceptors (Lipinski definition) is 2. The largest absolute Gasteiger partial charge is 0.494 e. The van der Waals surface area contributed by atoms with E-state index in [4.69, 9.17) is 0 Å². The summed E-state index contributed by atoms with van der Waals surface area (Å²) in [6, 6.07) is 14.1. The van der Waals surface area contributed by atoms with Gasteiger partial charge in [-0.05, 0) is 54.0 Å². The maximum absolute atomic E-state index is 10.7. The van der Waals surface area contributed by atoms with Gasteiger partial charge in [-0.3, -0.25) is 4.57 Å². The third kappa shape index (κ3) is 1.41. The molecule has 1 aromatic heterocycles. The summed E-state index contributed by atoms with van der Waals surface area (Å²) in [5, 5.41) is 23.6. The molecule has 1 saturated carbocycles. The number of aromatic hydroxyl groups is 2. The smallest absolute Gasteiger partial charge is 0.202 e. The van der Waals surface area contributed by atoms with E-state index in [1.54, 1.807) is 4.57 Å². The Labute approximate surface area is 128 Å². The molecule has 0 unspecified atom stereocenters. The normalized spacial score (nSPS) is 22.4. The maximum Gasteiger partial charge on any atom is 0.202 e. The number of nitrogens with zero attached hydrogens (tertiary/aromatic N) is 1. The Morgan fingerprint density at radius 2 is 1.45 bits per heavy atom. The van der Waals surface area contributed by atoms with Crippen molar-refractivity contribution >= 4 is 10.8 Å². The van der Waals surface area contributed by atoms with Gasteiger partial charge in [0.25, 0.3) is 0 Å². The van der Waals surface area contributed by atoms with Crippen LogP contribution in [0.5, 0.6) is 11.8 Å². The van der Waals surface area contributed by atoms with Gasteiger partial charge in [0, 0.05) is 11.1 Å². The fourth-order valence-electron chi connectivity index (χ4n) is 4.45. The molecule has 1 fully saturated rings. The molecule has 2 aliphatic carbocycles. The second kappa shape index (κ2) is 4.07. The lowest BCUT2D eigenvalue weighted by Crippen LogP contribution is -1.95. The average Bonchev–Trinajstić information content (AvgIpc) is 3.21. The van der Waals surface area contributed by atoms with E-state index in [2.05, 4.69) is 6.07 Å². The molecule has 0 amide bonds. The summed E-state index contributed by atoms with van der Waals surface area (Å²) in [5.41, 5.74) is 2.80. The summed E-state index contributed by atoms with van der Waals surface area (Å²) in [7, 11) is 0. The van der Waals surface area contributed by atoms with E-state index in [1.165, 1.54) is 0 Å². The summed E-state index contributed by atoms with van der Waals surface area (Å²) in [6.07, 6.45) is 3.35. The SMILES string of the molecule is Oc1c2c(c(O)n1-c1ccc3ccccc3c1)[C@H]1CC[C@@H]2C1. The van der Waals surface area contributed by atoms with E-state index in [0.29, 0.717) is 11.8 Å². The first-order valence-electron chi connectivity index (χ1n) is 7.89. The van der Waals surface area contributed by atoms with Crippen LogP contribution in [0, 0.1) is 0 Å². The van der Waals surface area contributed by atoms with Crippen LogP contribution in [0.3, 0.4) is 0 Å². The maximum atomic E-state index is 10.7. The fourth-order valence-corrected chi connectivity index (χ4v) is 4.45. The molecular weight excluding hydrogens is 274 g/mol. The van der Waals surface area contributed by atoms with Crippen molar-refractivity contribution in [2.75, 3.05) is 0 Å². The number of rotatable bonds is 1. The van der Waals surface area contributed by atoms with Crippen molar-refractivity contribution in [3.8, 4) is 17.4 Å². The standard InChI is InChI=1S/C19H17NO2/c21-18-16-13-5-6-14(9-13)17(16)19(22)20(18)15-8-7-11-3-1-2-4-12(11)10-15/h1-4,7-8,10,13-14,21-22H,5-6,9H2/t13-,14+. The van der Waals surface area contributed by atoms with Crippen LogP contribution >= 0.6 is 0 Å². The minimum atomic E-state index is 0.231. The van der Waals surface area contributed by atoms with Crippen LogP contribution in [0.4, 0.5) is 0 Å². The van der Waals surface area contributed by atoms with Crippen LogP contribution in [0.2, 0.25) is 0 Å². The van der Waals surface area contributed by atoms with Gasteiger partial charge in [-0.15, -0.1) is 0 Å². The minimum Gasteiger partial charge on any atom is -0.494 e. The van der Waals surface area contributed by atoms with E-state index in [0.717, 1.165) is 46.8 Å². The predicted molar refractivity (Wildman–Crippen MR) is 85.9 cm³/mol. The van der Waals surface area contributed by atoms with Crippen LogP contribution in [0.25, 0.3) is 16.5 Å². The first-order valence-corrected chi connectivity index (χ1v) is 7.89. The highest BCUT2D eigenvalue weighted by atomic mass is 16.3. The molecule has 0 saturated heterocycles. The van der Waals surface area contributed by atoms with Gasteiger partial charge in [0.05, 0.1) is 5.69 Å². The van der Waals surface area contributed by atoms with Gasteiger partial charge in [-0.1, -0.05) is 30.3 Å².